The molecule has 78 heavy (non-hydrogen) atoms. The molecule has 0 saturated heterocycles. The number of nitrogens with two attached hydrogens (primary N) is 3. The highest BCUT2D eigenvalue weighted by Gasteiger charge is 2.22. The van der Waals surface area contributed by atoms with E-state index in [0.717, 1.165) is 45.0 Å². The standard InChI is InChI=1S/C60H73N11O6S/c1-67(2)51-27-15-49(16-28-51)65-66-50-17-29-56(30-18-50)78(76,77)64-38-34-60(75)71-42-6-5-41-70(59(74)33-37-63)54-23-9-46(10-24-54)43-45-7-19-52(20-8-45)68(57(72)31-35-61)39-3-4-40-69(58(73)32-36-62)53-21-11-47(12-22-53)44-48-13-25-55(71)26-14-48/h7-30,64H,3-6,31-44,61-63H2,1-2H3. The highest BCUT2D eigenvalue weighted by Crippen LogP contribution is 2.27. The Morgan fingerprint density at radius 2 is 0.744 bits per heavy atom. The Hall–Kier alpha value is -7.61. The van der Waals surface area contributed by atoms with Crippen LogP contribution in [0.1, 0.15) is 73.6 Å². The molecule has 4 amide bonds. The third-order valence-electron chi connectivity index (χ3n) is 13.5. The molecule has 8 bridgehead atoms. The first-order valence-electron chi connectivity index (χ1n) is 26.7. The van der Waals surface area contributed by atoms with Gasteiger partial charge in [-0.05, 0) is 158 Å². The van der Waals surface area contributed by atoms with E-state index >= 15 is 0 Å². The number of azo groups is 1. The highest BCUT2D eigenvalue weighted by molar-refractivity contribution is 7.89. The van der Waals surface area contributed by atoms with Crippen molar-refractivity contribution in [2.45, 2.75) is 69.1 Å². The number of benzene rings is 6. The summed E-state index contributed by atoms with van der Waals surface area (Å²) in [4.78, 5) is 63.5. The monoisotopic (exact) mass is 1080 g/mol. The zero-order valence-electron chi connectivity index (χ0n) is 44.8. The summed E-state index contributed by atoms with van der Waals surface area (Å²) in [5.74, 6) is -0.508. The summed E-state index contributed by atoms with van der Waals surface area (Å²) in [7, 11) is -0.0684. The van der Waals surface area contributed by atoms with E-state index in [-0.39, 0.29) is 80.4 Å². The second-order valence-corrected chi connectivity index (χ2v) is 21.3. The number of rotatable bonds is 14. The third kappa shape index (κ3) is 16.5. The van der Waals surface area contributed by atoms with Crippen molar-refractivity contribution in [3.63, 3.8) is 0 Å². The fourth-order valence-corrected chi connectivity index (χ4v) is 10.3. The average Bonchev–Trinajstić information content (AvgIpc) is 3.43. The molecule has 7 heterocycles. The molecule has 0 aliphatic carbocycles. The van der Waals surface area contributed by atoms with Gasteiger partial charge in [-0.25, -0.2) is 13.1 Å². The largest absolute Gasteiger partial charge is 0.378 e. The molecule has 0 radical (unpaired) electrons. The molecular weight excluding hydrogens is 1000 g/mol. The molecule has 0 unspecified atom stereocenters. The minimum atomic E-state index is -3.97. The van der Waals surface area contributed by atoms with Crippen LogP contribution >= 0.6 is 0 Å². The minimum absolute atomic E-state index is 0.0305. The molecule has 0 fully saturated rings. The molecule has 18 heteroatoms. The van der Waals surface area contributed by atoms with E-state index in [9.17, 15) is 27.6 Å². The molecule has 6 aromatic rings. The van der Waals surface area contributed by atoms with E-state index in [4.69, 9.17) is 17.2 Å². The van der Waals surface area contributed by atoms with Crippen molar-refractivity contribution in [1.82, 2.24) is 4.72 Å². The summed E-state index contributed by atoms with van der Waals surface area (Å²) in [5, 5.41) is 8.53. The number of amides is 4. The SMILES string of the molecule is CN(C)c1ccc(N=Nc2ccc(S(=O)(=O)NCCC(=O)N3CCCCN(C(=O)CCN)c4ccc(cc4)Cc4ccc(cc4)N(C(=O)CCN)CCCCN(C(=O)CCN)c4ccc(cc4)Cc4ccc3cc4)cc2)cc1. The maximum Gasteiger partial charge on any atom is 0.240 e. The minimum Gasteiger partial charge on any atom is -0.378 e. The van der Waals surface area contributed by atoms with E-state index in [1.165, 1.54) is 12.1 Å². The first kappa shape index (κ1) is 58.1. The number of hydrogen-bond acceptors (Lipinski definition) is 12. The van der Waals surface area contributed by atoms with Gasteiger partial charge in [0.15, 0.2) is 0 Å². The average molecular weight is 1080 g/mol. The molecule has 6 aromatic carbocycles. The fraction of sp³-hybridized carbons (Fsp3) is 0.333. The van der Waals surface area contributed by atoms with Crippen molar-refractivity contribution in [3.05, 3.63) is 168 Å². The van der Waals surface area contributed by atoms with Crippen molar-refractivity contribution in [2.75, 3.05) is 91.0 Å². The maximum atomic E-state index is 14.2. The topological polar surface area (TPSA) is 233 Å². The number of nitrogens with one attached hydrogen (secondary N) is 1. The Bertz CT molecular complexity index is 3050. The van der Waals surface area contributed by atoms with Crippen LogP contribution in [-0.4, -0.2) is 98.5 Å². The van der Waals surface area contributed by atoms with Gasteiger partial charge in [0.1, 0.15) is 0 Å². The highest BCUT2D eigenvalue weighted by atomic mass is 32.2. The van der Waals surface area contributed by atoms with E-state index < -0.39 is 10.0 Å². The molecule has 7 aliphatic heterocycles. The van der Waals surface area contributed by atoms with Gasteiger partial charge in [0.05, 0.1) is 16.3 Å². The predicted octanol–water partition coefficient (Wildman–Crippen LogP) is 8.37. The van der Waals surface area contributed by atoms with Crippen LogP contribution in [0.15, 0.2) is 161 Å². The molecule has 17 nitrogen and oxygen atoms in total. The van der Waals surface area contributed by atoms with E-state index in [1.54, 1.807) is 31.7 Å². The van der Waals surface area contributed by atoms with Crippen LogP contribution < -0.4 is 46.4 Å². The Labute approximate surface area is 459 Å². The van der Waals surface area contributed by atoms with Gasteiger partial charge >= 0.3 is 0 Å². The van der Waals surface area contributed by atoms with Crippen LogP contribution in [0, 0.1) is 0 Å². The van der Waals surface area contributed by atoms with Gasteiger partial charge in [0, 0.05) is 121 Å². The van der Waals surface area contributed by atoms with Crippen LogP contribution in [0.3, 0.4) is 0 Å². The van der Waals surface area contributed by atoms with Crippen molar-refractivity contribution in [3.8, 4) is 0 Å². The summed E-state index contributed by atoms with van der Waals surface area (Å²) in [5.41, 5.74) is 26.8. The fourth-order valence-electron chi connectivity index (χ4n) is 9.23. The number of anilines is 5. The van der Waals surface area contributed by atoms with Crippen LogP contribution in [-0.2, 0) is 42.0 Å². The zero-order chi connectivity index (χ0) is 55.4. The van der Waals surface area contributed by atoms with E-state index in [0.29, 0.717) is 81.8 Å². The normalized spacial score (nSPS) is 14.1. The summed E-state index contributed by atoms with van der Waals surface area (Å²) in [6, 6.07) is 45.1. The van der Waals surface area contributed by atoms with Gasteiger partial charge in [0.2, 0.25) is 33.7 Å². The summed E-state index contributed by atoms with van der Waals surface area (Å²) in [6.45, 7) is 2.14. The molecule has 13 rings (SSSR count). The summed E-state index contributed by atoms with van der Waals surface area (Å²) >= 11 is 0. The molecule has 7 aliphatic rings. The smallest absolute Gasteiger partial charge is 0.240 e. The third-order valence-corrected chi connectivity index (χ3v) is 15.0. The van der Waals surface area contributed by atoms with Gasteiger partial charge < -0.3 is 41.7 Å². The molecule has 0 spiro atoms. The van der Waals surface area contributed by atoms with Gasteiger partial charge in [-0.3, -0.25) is 19.2 Å². The number of carbonyl (C=O) groups excluding carboxylic acids is 4. The molecule has 0 aromatic heterocycles. The number of carbonyl (C=O) groups is 4. The lowest BCUT2D eigenvalue weighted by molar-refractivity contribution is -0.119. The van der Waals surface area contributed by atoms with Crippen LogP contribution in [0.2, 0.25) is 0 Å². The Kier molecular flexibility index (Phi) is 21.4. The van der Waals surface area contributed by atoms with E-state index in [1.807, 2.05) is 140 Å². The number of sulfonamides is 1. The Morgan fingerprint density at radius 1 is 0.449 bits per heavy atom. The van der Waals surface area contributed by atoms with Gasteiger partial charge in [-0.1, -0.05) is 48.5 Å². The van der Waals surface area contributed by atoms with Crippen molar-refractivity contribution in [2.24, 2.45) is 27.4 Å². The van der Waals surface area contributed by atoms with Crippen LogP contribution in [0.4, 0.5) is 39.8 Å². The zero-order valence-corrected chi connectivity index (χ0v) is 45.6. The van der Waals surface area contributed by atoms with Crippen molar-refractivity contribution < 1.29 is 27.6 Å². The van der Waals surface area contributed by atoms with Gasteiger partial charge in [-0.2, -0.15) is 10.2 Å². The van der Waals surface area contributed by atoms with Crippen molar-refractivity contribution in [1.29, 1.82) is 0 Å². The molecule has 410 valence electrons. The van der Waals surface area contributed by atoms with Crippen LogP contribution in [0.5, 0.6) is 0 Å². The lowest BCUT2D eigenvalue weighted by atomic mass is 10.0. The molecule has 0 saturated carbocycles. The summed E-state index contributed by atoms with van der Waals surface area (Å²) in [6.07, 6.45) is 4.09. The second-order valence-electron chi connectivity index (χ2n) is 19.5. The lowest BCUT2D eigenvalue weighted by Gasteiger charge is -2.26. The second kappa shape index (κ2) is 28.7. The van der Waals surface area contributed by atoms with Crippen molar-refractivity contribution >= 4 is 73.5 Å². The van der Waals surface area contributed by atoms with Crippen LogP contribution in [0.25, 0.3) is 0 Å². The Morgan fingerprint density at radius 3 is 1.04 bits per heavy atom. The van der Waals surface area contributed by atoms with E-state index in [2.05, 4.69) is 15.0 Å². The first-order valence-corrected chi connectivity index (χ1v) is 28.2. The number of nitrogens with zero attached hydrogens (tertiary/aromatic N) is 7. The first-order chi connectivity index (χ1) is 37.7. The van der Waals surface area contributed by atoms with Gasteiger partial charge in [-0.15, -0.1) is 0 Å². The number of hydrogen-bond donors (Lipinski definition) is 4. The maximum absolute atomic E-state index is 14.2. The molecule has 0 atom stereocenters. The predicted molar refractivity (Wildman–Crippen MR) is 311 cm³/mol. The lowest BCUT2D eigenvalue weighted by Crippen LogP contribution is -2.36. The Balaban J connectivity index is 1.09. The molecular formula is C60H73N11O6S. The quantitative estimate of drug-likeness (QED) is 0.0761. The van der Waals surface area contributed by atoms with Gasteiger partial charge in [0.25, 0.3) is 0 Å². The summed E-state index contributed by atoms with van der Waals surface area (Å²) < 4.78 is 29.5. The molecule has 7 N–H and O–H groups in total.